The van der Waals surface area contributed by atoms with E-state index in [-0.39, 0.29) is 6.54 Å². The number of ether oxygens (including phenoxy) is 1. The molecule has 0 amide bonds. The largest absolute Gasteiger partial charge is 0.480 e. The summed E-state index contributed by atoms with van der Waals surface area (Å²) in [4.78, 5) is 10.5. The van der Waals surface area contributed by atoms with Gasteiger partial charge in [0.25, 0.3) is 0 Å². The lowest BCUT2D eigenvalue weighted by molar-refractivity contribution is -0.137. The Bertz CT molecular complexity index is 539. The number of carboxylic acids is 1. The predicted molar refractivity (Wildman–Crippen MR) is 61.4 cm³/mol. The van der Waals surface area contributed by atoms with Gasteiger partial charge in [-0.2, -0.15) is 5.10 Å². The van der Waals surface area contributed by atoms with Crippen LogP contribution in [-0.2, 0) is 11.3 Å². The second-order valence-corrected chi connectivity index (χ2v) is 3.71. The number of aliphatic carboxylic acids is 1. The monoisotopic (exact) mass is 252 g/mol. The summed E-state index contributed by atoms with van der Waals surface area (Å²) < 4.78 is 6.74. The van der Waals surface area contributed by atoms with Crippen LogP contribution >= 0.6 is 11.6 Å². The number of para-hydroxylation sites is 1. The Morgan fingerprint density at radius 2 is 2.24 bits per heavy atom. The highest BCUT2D eigenvalue weighted by Crippen LogP contribution is 2.28. The van der Waals surface area contributed by atoms with Crippen molar-refractivity contribution < 1.29 is 14.6 Å². The fraction of sp³-hybridized carbons (Fsp3) is 0.0909. The van der Waals surface area contributed by atoms with Crippen molar-refractivity contribution in [3.63, 3.8) is 0 Å². The molecule has 0 unspecified atom stereocenters. The number of benzene rings is 1. The van der Waals surface area contributed by atoms with E-state index in [0.29, 0.717) is 16.5 Å². The maximum atomic E-state index is 10.5. The molecule has 2 rings (SSSR count). The van der Waals surface area contributed by atoms with Gasteiger partial charge in [0.05, 0.1) is 17.4 Å². The number of halogens is 1. The van der Waals surface area contributed by atoms with E-state index >= 15 is 0 Å². The Hall–Kier alpha value is -2.01. The van der Waals surface area contributed by atoms with E-state index < -0.39 is 5.97 Å². The summed E-state index contributed by atoms with van der Waals surface area (Å²) in [5, 5.41) is 12.9. The molecule has 88 valence electrons. The van der Waals surface area contributed by atoms with Crippen LogP contribution in [0.25, 0.3) is 0 Å². The van der Waals surface area contributed by atoms with Crippen molar-refractivity contribution in [2.24, 2.45) is 0 Å². The van der Waals surface area contributed by atoms with Gasteiger partial charge in [-0.3, -0.25) is 9.48 Å². The molecule has 0 aliphatic carbocycles. The molecule has 6 heteroatoms. The Morgan fingerprint density at radius 1 is 1.47 bits per heavy atom. The Morgan fingerprint density at radius 3 is 2.94 bits per heavy atom. The van der Waals surface area contributed by atoms with Gasteiger partial charge in [0, 0.05) is 0 Å². The van der Waals surface area contributed by atoms with E-state index in [0.717, 1.165) is 0 Å². The van der Waals surface area contributed by atoms with Crippen LogP contribution in [0, 0.1) is 0 Å². The van der Waals surface area contributed by atoms with E-state index in [1.807, 2.05) is 0 Å². The molecule has 5 nitrogen and oxygen atoms in total. The topological polar surface area (TPSA) is 64.3 Å². The smallest absolute Gasteiger partial charge is 0.325 e. The highest BCUT2D eigenvalue weighted by molar-refractivity contribution is 6.32. The van der Waals surface area contributed by atoms with Crippen molar-refractivity contribution in [3.05, 3.63) is 41.7 Å². The lowest BCUT2D eigenvalue weighted by Gasteiger charge is -2.03. The summed E-state index contributed by atoms with van der Waals surface area (Å²) in [6.07, 6.45) is 2.93. The van der Waals surface area contributed by atoms with Crippen molar-refractivity contribution >= 4 is 17.6 Å². The van der Waals surface area contributed by atoms with Crippen LogP contribution in [0.15, 0.2) is 36.7 Å². The van der Waals surface area contributed by atoms with Gasteiger partial charge in [0.1, 0.15) is 12.3 Å². The van der Waals surface area contributed by atoms with Gasteiger partial charge in [0.15, 0.2) is 5.75 Å². The Labute approximate surface area is 102 Å². The third-order valence-electron chi connectivity index (χ3n) is 1.97. The van der Waals surface area contributed by atoms with E-state index in [9.17, 15) is 4.79 Å². The maximum absolute atomic E-state index is 10.5. The van der Waals surface area contributed by atoms with Gasteiger partial charge in [0.2, 0.25) is 0 Å². The van der Waals surface area contributed by atoms with Gasteiger partial charge in [-0.15, -0.1) is 0 Å². The van der Waals surface area contributed by atoms with Gasteiger partial charge >= 0.3 is 5.97 Å². The minimum atomic E-state index is -0.961. The number of rotatable bonds is 4. The lowest BCUT2D eigenvalue weighted by Crippen LogP contribution is -2.08. The molecule has 0 atom stereocenters. The van der Waals surface area contributed by atoms with Crippen LogP contribution in [0.3, 0.4) is 0 Å². The maximum Gasteiger partial charge on any atom is 0.325 e. The van der Waals surface area contributed by atoms with Crippen LogP contribution in [0.4, 0.5) is 0 Å². The molecule has 1 aromatic heterocycles. The van der Waals surface area contributed by atoms with Gasteiger partial charge in [-0.1, -0.05) is 23.7 Å². The SMILES string of the molecule is O=C(O)Cn1cc(Oc2ccccc2Cl)cn1. The van der Waals surface area contributed by atoms with E-state index in [1.54, 1.807) is 24.3 Å². The van der Waals surface area contributed by atoms with E-state index in [2.05, 4.69) is 5.10 Å². The van der Waals surface area contributed by atoms with Gasteiger partial charge < -0.3 is 9.84 Å². The Kier molecular flexibility index (Phi) is 3.30. The summed E-state index contributed by atoms with van der Waals surface area (Å²) in [7, 11) is 0. The zero-order chi connectivity index (χ0) is 12.3. The minimum Gasteiger partial charge on any atom is -0.480 e. The van der Waals surface area contributed by atoms with Crippen LogP contribution in [-0.4, -0.2) is 20.9 Å². The zero-order valence-corrected chi connectivity index (χ0v) is 9.46. The molecular weight excluding hydrogens is 244 g/mol. The van der Waals surface area contributed by atoms with Crippen LogP contribution < -0.4 is 4.74 Å². The minimum absolute atomic E-state index is 0.202. The predicted octanol–water partition coefficient (Wildman–Crippen LogP) is 2.41. The van der Waals surface area contributed by atoms with E-state index in [4.69, 9.17) is 21.4 Å². The third-order valence-corrected chi connectivity index (χ3v) is 2.28. The number of aromatic nitrogens is 2. The summed E-state index contributed by atoms with van der Waals surface area (Å²) in [5.41, 5.74) is 0. The third kappa shape index (κ3) is 2.98. The highest BCUT2D eigenvalue weighted by atomic mass is 35.5. The summed E-state index contributed by atoms with van der Waals surface area (Å²) >= 11 is 5.92. The molecule has 0 aliphatic rings. The number of hydrogen-bond donors (Lipinski definition) is 1. The lowest BCUT2D eigenvalue weighted by atomic mass is 10.3. The van der Waals surface area contributed by atoms with Crippen molar-refractivity contribution in [2.75, 3.05) is 0 Å². The molecule has 1 aromatic carbocycles. The second kappa shape index (κ2) is 4.88. The number of carboxylic acid groups (broad SMARTS) is 1. The number of carbonyl (C=O) groups is 1. The second-order valence-electron chi connectivity index (χ2n) is 3.30. The zero-order valence-electron chi connectivity index (χ0n) is 8.71. The van der Waals surface area contributed by atoms with Crippen LogP contribution in [0.5, 0.6) is 11.5 Å². The Balaban J connectivity index is 2.12. The normalized spacial score (nSPS) is 10.2. The fourth-order valence-electron chi connectivity index (χ4n) is 1.28. The molecule has 1 heterocycles. The van der Waals surface area contributed by atoms with Crippen molar-refractivity contribution in [3.8, 4) is 11.5 Å². The molecule has 0 aliphatic heterocycles. The number of hydrogen-bond acceptors (Lipinski definition) is 3. The highest BCUT2D eigenvalue weighted by Gasteiger charge is 2.06. The number of nitrogens with zero attached hydrogens (tertiary/aromatic N) is 2. The molecule has 2 aromatic rings. The van der Waals surface area contributed by atoms with Gasteiger partial charge in [-0.25, -0.2) is 0 Å². The first-order chi connectivity index (χ1) is 8.15. The van der Waals surface area contributed by atoms with Crippen LogP contribution in [0.1, 0.15) is 0 Å². The molecule has 0 spiro atoms. The molecule has 0 saturated heterocycles. The quantitative estimate of drug-likeness (QED) is 0.908. The first kappa shape index (κ1) is 11.5. The first-order valence-corrected chi connectivity index (χ1v) is 5.19. The van der Waals surface area contributed by atoms with Crippen LogP contribution in [0.2, 0.25) is 5.02 Å². The molecular formula is C11H9ClN2O3. The van der Waals surface area contributed by atoms with Crippen molar-refractivity contribution in [2.45, 2.75) is 6.54 Å². The molecule has 0 bridgehead atoms. The van der Waals surface area contributed by atoms with Gasteiger partial charge in [-0.05, 0) is 12.1 Å². The summed E-state index contributed by atoms with van der Waals surface area (Å²) in [6.45, 7) is -0.202. The fourth-order valence-corrected chi connectivity index (χ4v) is 1.45. The molecule has 1 N–H and O–H groups in total. The molecule has 0 fully saturated rings. The van der Waals surface area contributed by atoms with Crippen molar-refractivity contribution in [1.82, 2.24) is 9.78 Å². The summed E-state index contributed by atoms with van der Waals surface area (Å²) in [5.74, 6) is -0.0132. The standard InChI is InChI=1S/C11H9ClN2O3/c12-9-3-1-2-4-10(9)17-8-5-13-14(6-8)7-11(15)16/h1-6H,7H2,(H,15,16). The molecule has 0 radical (unpaired) electrons. The molecule has 0 saturated carbocycles. The summed E-state index contributed by atoms with van der Waals surface area (Å²) in [6, 6.07) is 7.02. The first-order valence-electron chi connectivity index (χ1n) is 4.82. The average Bonchev–Trinajstić information content (AvgIpc) is 2.68. The van der Waals surface area contributed by atoms with Crippen molar-refractivity contribution in [1.29, 1.82) is 0 Å². The molecule has 17 heavy (non-hydrogen) atoms. The average molecular weight is 253 g/mol. The van der Waals surface area contributed by atoms with E-state index in [1.165, 1.54) is 17.1 Å².